The highest BCUT2D eigenvalue weighted by molar-refractivity contribution is 5.67. The first-order valence-corrected chi connectivity index (χ1v) is 9.79. The molecule has 0 saturated carbocycles. The Labute approximate surface area is 154 Å². The van der Waals surface area contributed by atoms with Gasteiger partial charge in [0.1, 0.15) is 0 Å². The minimum atomic E-state index is -0.0382. The fourth-order valence-corrected chi connectivity index (χ4v) is 4.55. The molecule has 2 aliphatic heterocycles. The van der Waals surface area contributed by atoms with Gasteiger partial charge < -0.3 is 0 Å². The summed E-state index contributed by atoms with van der Waals surface area (Å²) in [6.07, 6.45) is 8.38. The van der Waals surface area contributed by atoms with Crippen LogP contribution in [-0.2, 0) is 7.05 Å². The van der Waals surface area contributed by atoms with Gasteiger partial charge in [0.2, 0.25) is 0 Å². The molecule has 2 saturated heterocycles. The number of hydrogen-bond donors (Lipinski definition) is 0. The lowest BCUT2D eigenvalue weighted by molar-refractivity contribution is 0.0870. The summed E-state index contributed by atoms with van der Waals surface area (Å²) in [5, 5.41) is 0. The number of rotatable bonds is 3. The molecule has 0 amide bonds. The Hall–Kier alpha value is -2.14. The molecule has 0 N–H and O–H groups in total. The number of aromatic nitrogens is 2. The third-order valence-electron chi connectivity index (χ3n) is 6.06. The van der Waals surface area contributed by atoms with Crippen LogP contribution in [0.4, 0.5) is 5.69 Å². The first kappa shape index (κ1) is 17.3. The third kappa shape index (κ3) is 3.05. The molecule has 0 radical (unpaired) electrons. The molecule has 5 nitrogen and oxygen atoms in total. The van der Waals surface area contributed by atoms with E-state index in [2.05, 4.69) is 11.1 Å². The summed E-state index contributed by atoms with van der Waals surface area (Å²) in [5.41, 5.74) is 2.32. The second kappa shape index (κ2) is 7.23. The van der Waals surface area contributed by atoms with Crippen LogP contribution in [0.1, 0.15) is 37.8 Å². The monoisotopic (exact) mass is 352 g/mol. The zero-order chi connectivity index (χ0) is 18.1. The van der Waals surface area contributed by atoms with Crippen molar-refractivity contribution < 1.29 is 0 Å². The molecule has 0 spiro atoms. The van der Waals surface area contributed by atoms with E-state index >= 15 is 0 Å². The smallest absolute Gasteiger partial charge is 0.297 e. The quantitative estimate of drug-likeness (QED) is 0.794. The summed E-state index contributed by atoms with van der Waals surface area (Å²) < 4.78 is 3.61. The summed E-state index contributed by atoms with van der Waals surface area (Å²) in [6.45, 7) is 4.42. The van der Waals surface area contributed by atoms with E-state index in [1.807, 2.05) is 49.0 Å². The SMILES string of the molecule is Cc1c(N=CC2CCCN3CCCCC23)c(=O)n(-c2ccccc2)n1C. The molecular formula is C21H28N4O. The van der Waals surface area contributed by atoms with Crippen molar-refractivity contribution in [1.29, 1.82) is 0 Å². The summed E-state index contributed by atoms with van der Waals surface area (Å²) in [5.74, 6) is 0.466. The summed E-state index contributed by atoms with van der Waals surface area (Å²) >= 11 is 0. The van der Waals surface area contributed by atoms with E-state index in [-0.39, 0.29) is 5.56 Å². The molecule has 3 heterocycles. The lowest BCUT2D eigenvalue weighted by atomic mass is 9.84. The molecule has 0 bridgehead atoms. The van der Waals surface area contributed by atoms with Crippen LogP contribution in [0.15, 0.2) is 40.1 Å². The Morgan fingerprint density at radius 2 is 1.85 bits per heavy atom. The zero-order valence-electron chi connectivity index (χ0n) is 15.8. The van der Waals surface area contributed by atoms with E-state index in [4.69, 9.17) is 4.99 Å². The molecule has 1 aromatic heterocycles. The number of hydrogen-bond acceptors (Lipinski definition) is 3. The Bertz CT molecular complexity index is 847. The maximum atomic E-state index is 13.0. The van der Waals surface area contributed by atoms with Gasteiger partial charge in [-0.2, -0.15) is 0 Å². The third-order valence-corrected chi connectivity index (χ3v) is 6.06. The van der Waals surface area contributed by atoms with Gasteiger partial charge in [-0.05, 0) is 57.8 Å². The van der Waals surface area contributed by atoms with Gasteiger partial charge in [0.05, 0.1) is 11.4 Å². The lowest BCUT2D eigenvalue weighted by Crippen LogP contribution is -2.48. The molecule has 2 aromatic rings. The van der Waals surface area contributed by atoms with E-state index in [1.165, 1.54) is 45.2 Å². The van der Waals surface area contributed by atoms with Crippen LogP contribution < -0.4 is 5.56 Å². The van der Waals surface area contributed by atoms with Crippen LogP contribution in [0.2, 0.25) is 0 Å². The van der Waals surface area contributed by atoms with Crippen molar-refractivity contribution in [2.45, 2.75) is 45.1 Å². The second-order valence-corrected chi connectivity index (χ2v) is 7.59. The topological polar surface area (TPSA) is 42.5 Å². The fourth-order valence-electron chi connectivity index (χ4n) is 4.55. The van der Waals surface area contributed by atoms with Crippen LogP contribution in [-0.4, -0.2) is 39.6 Å². The first-order valence-electron chi connectivity index (χ1n) is 9.79. The molecule has 2 atom stereocenters. The van der Waals surface area contributed by atoms with Gasteiger partial charge in [-0.1, -0.05) is 24.6 Å². The van der Waals surface area contributed by atoms with E-state index < -0.39 is 0 Å². The maximum Gasteiger partial charge on any atom is 0.297 e. The van der Waals surface area contributed by atoms with Crippen LogP contribution in [0, 0.1) is 12.8 Å². The molecule has 1 aromatic carbocycles. The maximum absolute atomic E-state index is 13.0. The molecule has 5 heteroatoms. The van der Waals surface area contributed by atoms with Gasteiger partial charge in [-0.15, -0.1) is 0 Å². The van der Waals surface area contributed by atoms with Crippen molar-refractivity contribution in [3.63, 3.8) is 0 Å². The van der Waals surface area contributed by atoms with Crippen LogP contribution >= 0.6 is 0 Å². The average molecular weight is 352 g/mol. The average Bonchev–Trinajstić information content (AvgIpc) is 2.89. The Morgan fingerprint density at radius 1 is 1.08 bits per heavy atom. The highest BCUT2D eigenvalue weighted by Crippen LogP contribution is 2.30. The van der Waals surface area contributed by atoms with E-state index in [0.717, 1.165) is 11.4 Å². The van der Waals surface area contributed by atoms with Crippen molar-refractivity contribution in [2.75, 3.05) is 13.1 Å². The summed E-state index contributed by atoms with van der Waals surface area (Å²) in [6, 6.07) is 10.4. The number of nitrogens with zero attached hydrogens (tertiary/aromatic N) is 4. The molecular weight excluding hydrogens is 324 g/mol. The van der Waals surface area contributed by atoms with E-state index in [9.17, 15) is 4.79 Å². The highest BCUT2D eigenvalue weighted by Gasteiger charge is 2.32. The fraction of sp³-hybridized carbons (Fsp3) is 0.524. The number of para-hydroxylation sites is 1. The molecule has 0 aliphatic carbocycles. The summed E-state index contributed by atoms with van der Waals surface area (Å²) in [7, 11) is 1.92. The van der Waals surface area contributed by atoms with Crippen molar-refractivity contribution in [3.05, 3.63) is 46.4 Å². The van der Waals surface area contributed by atoms with Gasteiger partial charge >= 0.3 is 0 Å². The number of aliphatic imine (C=N–C) groups is 1. The van der Waals surface area contributed by atoms with Crippen LogP contribution in [0.25, 0.3) is 5.69 Å². The zero-order valence-corrected chi connectivity index (χ0v) is 15.8. The summed E-state index contributed by atoms with van der Waals surface area (Å²) in [4.78, 5) is 20.3. The predicted octanol–water partition coefficient (Wildman–Crippen LogP) is 3.45. The highest BCUT2D eigenvalue weighted by atomic mass is 16.1. The first-order chi connectivity index (χ1) is 12.7. The predicted molar refractivity (Wildman–Crippen MR) is 106 cm³/mol. The molecule has 2 unspecified atom stereocenters. The molecule has 26 heavy (non-hydrogen) atoms. The number of fused-ring (bicyclic) bond motifs is 1. The van der Waals surface area contributed by atoms with Crippen molar-refractivity contribution in [3.8, 4) is 5.69 Å². The molecule has 2 fully saturated rings. The minimum Gasteiger partial charge on any atom is -0.300 e. The Kier molecular flexibility index (Phi) is 4.81. The standard InChI is InChI=1S/C21H28N4O/c1-16-20(21(26)25(23(16)2)18-10-4-3-5-11-18)22-15-17-9-8-14-24-13-7-6-12-19(17)24/h3-5,10-11,15,17,19H,6-9,12-14H2,1-2H3. The van der Waals surface area contributed by atoms with Crippen molar-refractivity contribution in [1.82, 2.24) is 14.3 Å². The van der Waals surface area contributed by atoms with Crippen molar-refractivity contribution in [2.24, 2.45) is 18.0 Å². The molecule has 2 aliphatic rings. The van der Waals surface area contributed by atoms with Crippen LogP contribution in [0.3, 0.4) is 0 Å². The lowest BCUT2D eigenvalue weighted by Gasteiger charge is -2.43. The van der Waals surface area contributed by atoms with Gasteiger partial charge in [-0.3, -0.25) is 19.4 Å². The number of benzene rings is 1. The number of piperidine rings is 2. The second-order valence-electron chi connectivity index (χ2n) is 7.59. The van der Waals surface area contributed by atoms with Gasteiger partial charge in [0, 0.05) is 25.2 Å². The van der Waals surface area contributed by atoms with Crippen LogP contribution in [0.5, 0.6) is 0 Å². The Balaban J connectivity index is 1.64. The largest absolute Gasteiger partial charge is 0.300 e. The van der Waals surface area contributed by atoms with E-state index in [1.54, 1.807) is 4.68 Å². The van der Waals surface area contributed by atoms with Gasteiger partial charge in [0.25, 0.3) is 5.56 Å². The Morgan fingerprint density at radius 3 is 2.65 bits per heavy atom. The van der Waals surface area contributed by atoms with Crippen molar-refractivity contribution >= 4 is 11.9 Å². The van der Waals surface area contributed by atoms with Gasteiger partial charge in [0.15, 0.2) is 5.69 Å². The molecule has 138 valence electrons. The normalized spacial score (nSPS) is 24.1. The minimum absolute atomic E-state index is 0.0382. The van der Waals surface area contributed by atoms with E-state index in [0.29, 0.717) is 17.6 Å². The van der Waals surface area contributed by atoms with Gasteiger partial charge in [-0.25, -0.2) is 4.68 Å². The molecule has 4 rings (SSSR count).